The Bertz CT molecular complexity index is 592. The number of carbonyl (C=O) groups is 1. The average molecular weight is 299 g/mol. The highest BCUT2D eigenvalue weighted by Crippen LogP contribution is 2.18. The Morgan fingerprint density at radius 3 is 2.95 bits per heavy atom. The van der Waals surface area contributed by atoms with Gasteiger partial charge in [-0.15, -0.1) is 5.11 Å². The molecule has 1 heterocycles. The number of nitrogens with one attached hydrogen (secondary N) is 1. The molecular weight excluding hydrogens is 278 g/mol. The molecule has 1 aliphatic rings. The van der Waals surface area contributed by atoms with Gasteiger partial charge >= 0.3 is 0 Å². The fourth-order valence-corrected chi connectivity index (χ4v) is 1.93. The molecule has 6 nitrogen and oxygen atoms in total. The molecule has 0 atom stereocenters. The lowest BCUT2D eigenvalue weighted by Crippen LogP contribution is -2.24. The number of rotatable bonds is 6. The number of hydrogen-bond acceptors (Lipinski definition) is 4. The summed E-state index contributed by atoms with van der Waals surface area (Å²) in [5.74, 6) is -0.00958. The molecule has 1 aliphatic heterocycles. The van der Waals surface area contributed by atoms with E-state index in [4.69, 9.17) is 0 Å². The predicted molar refractivity (Wildman–Crippen MR) is 87.7 cm³/mol. The zero-order valence-electron chi connectivity index (χ0n) is 12.9. The van der Waals surface area contributed by atoms with Crippen molar-refractivity contribution in [2.45, 2.75) is 6.42 Å². The molecule has 1 aromatic carbocycles. The van der Waals surface area contributed by atoms with E-state index in [9.17, 15) is 4.79 Å². The van der Waals surface area contributed by atoms with Crippen molar-refractivity contribution in [2.24, 2.45) is 10.3 Å². The van der Waals surface area contributed by atoms with Crippen molar-refractivity contribution < 1.29 is 4.79 Å². The second-order valence-corrected chi connectivity index (χ2v) is 5.15. The minimum atomic E-state index is -0.00958. The van der Waals surface area contributed by atoms with Crippen molar-refractivity contribution in [1.82, 2.24) is 9.91 Å². The Hall–Kier alpha value is -2.63. The van der Waals surface area contributed by atoms with Gasteiger partial charge < -0.3 is 10.2 Å². The Morgan fingerprint density at radius 2 is 2.23 bits per heavy atom. The van der Waals surface area contributed by atoms with Crippen molar-refractivity contribution in [1.29, 1.82) is 0 Å². The van der Waals surface area contributed by atoms with Crippen molar-refractivity contribution in [2.75, 3.05) is 32.5 Å². The summed E-state index contributed by atoms with van der Waals surface area (Å²) >= 11 is 0. The van der Waals surface area contributed by atoms with E-state index in [2.05, 4.69) is 26.6 Å². The van der Waals surface area contributed by atoms with Crippen molar-refractivity contribution in [3.05, 3.63) is 48.7 Å². The lowest BCUT2D eigenvalue weighted by atomic mass is 10.2. The molecule has 0 fully saturated rings. The lowest BCUT2D eigenvalue weighted by Gasteiger charge is -2.19. The molecule has 0 spiro atoms. The smallest absolute Gasteiger partial charge is 0.226 e. The molecule has 0 saturated carbocycles. The van der Waals surface area contributed by atoms with Gasteiger partial charge in [-0.3, -0.25) is 9.80 Å². The molecule has 0 unspecified atom stereocenters. The summed E-state index contributed by atoms with van der Waals surface area (Å²) < 4.78 is 0. The van der Waals surface area contributed by atoms with Gasteiger partial charge in [0.1, 0.15) is 0 Å². The van der Waals surface area contributed by atoms with Gasteiger partial charge in [0, 0.05) is 39.3 Å². The van der Waals surface area contributed by atoms with E-state index in [0.717, 1.165) is 12.2 Å². The number of anilines is 1. The van der Waals surface area contributed by atoms with Gasteiger partial charge in [0.15, 0.2) is 0 Å². The highest BCUT2D eigenvalue weighted by atomic mass is 16.1. The molecule has 0 bridgehead atoms. The molecule has 0 aliphatic carbocycles. The van der Waals surface area contributed by atoms with Crippen molar-refractivity contribution >= 4 is 17.3 Å². The summed E-state index contributed by atoms with van der Waals surface area (Å²) in [6.07, 6.45) is 8.49. The van der Waals surface area contributed by atoms with Crippen LogP contribution in [0.1, 0.15) is 6.42 Å². The van der Waals surface area contributed by atoms with Gasteiger partial charge in [0.2, 0.25) is 5.91 Å². The van der Waals surface area contributed by atoms with Gasteiger partial charge in [0.25, 0.3) is 0 Å². The third-order valence-corrected chi connectivity index (χ3v) is 2.98. The van der Waals surface area contributed by atoms with Crippen LogP contribution in [0, 0.1) is 0 Å². The zero-order chi connectivity index (χ0) is 15.8. The van der Waals surface area contributed by atoms with E-state index in [1.807, 2.05) is 36.6 Å². The van der Waals surface area contributed by atoms with Crippen molar-refractivity contribution in [3.63, 3.8) is 0 Å². The Labute approximate surface area is 130 Å². The number of benzene rings is 1. The van der Waals surface area contributed by atoms with E-state index in [-0.39, 0.29) is 5.91 Å². The van der Waals surface area contributed by atoms with E-state index in [0.29, 0.717) is 18.7 Å². The Kier molecular flexibility index (Phi) is 5.71. The molecular formula is C16H21N5O. The quantitative estimate of drug-likeness (QED) is 0.649. The summed E-state index contributed by atoms with van der Waals surface area (Å²) in [6.45, 7) is 1.55. The molecule has 0 aromatic heterocycles. The van der Waals surface area contributed by atoms with E-state index >= 15 is 0 Å². The maximum absolute atomic E-state index is 12.0. The van der Waals surface area contributed by atoms with Gasteiger partial charge in [-0.05, 0) is 30.5 Å². The van der Waals surface area contributed by atoms with Crippen LogP contribution in [0.25, 0.3) is 0 Å². The maximum atomic E-state index is 12.0. The molecule has 1 N–H and O–H groups in total. The predicted octanol–water partition coefficient (Wildman–Crippen LogP) is 2.96. The Morgan fingerprint density at radius 1 is 1.36 bits per heavy atom. The van der Waals surface area contributed by atoms with Crippen LogP contribution in [0.5, 0.6) is 0 Å². The molecule has 1 aromatic rings. The molecule has 116 valence electrons. The van der Waals surface area contributed by atoms with Crippen LogP contribution in [0.2, 0.25) is 0 Å². The second-order valence-electron chi connectivity index (χ2n) is 5.15. The molecule has 1 amide bonds. The van der Waals surface area contributed by atoms with E-state index < -0.39 is 0 Å². The fourth-order valence-electron chi connectivity index (χ4n) is 1.93. The lowest BCUT2D eigenvalue weighted by molar-refractivity contribution is -0.116. The van der Waals surface area contributed by atoms with Crippen molar-refractivity contribution in [3.8, 4) is 0 Å². The highest BCUT2D eigenvalue weighted by Gasteiger charge is 2.06. The first-order valence-electron chi connectivity index (χ1n) is 7.20. The SMILES string of the molecule is CN(C)N=Nc1cccc(NC(=O)CCN2C=CC=CC2)c1. The van der Waals surface area contributed by atoms with E-state index in [1.165, 1.54) is 0 Å². The van der Waals surface area contributed by atoms with Crippen LogP contribution in [0.4, 0.5) is 11.4 Å². The standard InChI is InChI=1S/C16H21N5O/c1-20(2)19-18-15-8-6-7-14(13-15)17-16(22)9-12-21-10-4-3-5-11-21/h3-8,10,13H,9,11-12H2,1-2H3,(H,17,22). The van der Waals surface area contributed by atoms with Crippen LogP contribution >= 0.6 is 0 Å². The fraction of sp³-hybridized carbons (Fsp3) is 0.312. The van der Waals surface area contributed by atoms with Crippen LogP contribution in [-0.4, -0.2) is 43.0 Å². The first-order valence-corrected chi connectivity index (χ1v) is 7.20. The maximum Gasteiger partial charge on any atom is 0.226 e. The highest BCUT2D eigenvalue weighted by molar-refractivity contribution is 5.91. The summed E-state index contributed by atoms with van der Waals surface area (Å²) in [5.41, 5.74) is 1.44. The number of allylic oxidation sites excluding steroid dienone is 2. The molecule has 0 radical (unpaired) electrons. The van der Waals surface area contributed by atoms with E-state index in [1.54, 1.807) is 25.2 Å². The zero-order valence-corrected chi connectivity index (χ0v) is 12.9. The molecule has 6 heteroatoms. The third kappa shape index (κ3) is 5.40. The van der Waals surface area contributed by atoms with Gasteiger partial charge in [-0.1, -0.05) is 23.4 Å². The number of amides is 1. The van der Waals surface area contributed by atoms with Crippen LogP contribution < -0.4 is 5.32 Å². The minimum absolute atomic E-state index is 0.00958. The summed E-state index contributed by atoms with van der Waals surface area (Å²) in [6, 6.07) is 7.33. The molecule has 22 heavy (non-hydrogen) atoms. The average Bonchev–Trinajstić information content (AvgIpc) is 2.52. The van der Waals surface area contributed by atoms with Gasteiger partial charge in [-0.2, -0.15) is 0 Å². The molecule has 2 rings (SSSR count). The number of nitrogens with zero attached hydrogens (tertiary/aromatic N) is 4. The monoisotopic (exact) mass is 299 g/mol. The van der Waals surface area contributed by atoms with Crippen LogP contribution in [0.15, 0.2) is 59.0 Å². The van der Waals surface area contributed by atoms with Gasteiger partial charge in [-0.25, -0.2) is 0 Å². The van der Waals surface area contributed by atoms with Gasteiger partial charge in [0.05, 0.1) is 5.69 Å². The summed E-state index contributed by atoms with van der Waals surface area (Å²) in [7, 11) is 3.61. The van der Waals surface area contributed by atoms with Crippen LogP contribution in [0.3, 0.4) is 0 Å². The topological polar surface area (TPSA) is 60.3 Å². The van der Waals surface area contributed by atoms with Crippen LogP contribution in [-0.2, 0) is 4.79 Å². The largest absolute Gasteiger partial charge is 0.373 e. The first kappa shape index (κ1) is 15.8. The minimum Gasteiger partial charge on any atom is -0.373 e. The molecule has 0 saturated heterocycles. The first-order chi connectivity index (χ1) is 10.6. The number of hydrogen-bond donors (Lipinski definition) is 1. The summed E-state index contributed by atoms with van der Waals surface area (Å²) in [4.78, 5) is 14.1. The number of carbonyl (C=O) groups excluding carboxylic acids is 1. The summed E-state index contributed by atoms with van der Waals surface area (Å²) in [5, 5.41) is 12.5. The Balaban J connectivity index is 1.84. The third-order valence-electron chi connectivity index (χ3n) is 2.98. The second kappa shape index (κ2) is 7.97. The normalized spacial score (nSPS) is 13.6.